The van der Waals surface area contributed by atoms with E-state index in [0.29, 0.717) is 36.5 Å². The smallest absolute Gasteiger partial charge is 0.253 e. The summed E-state index contributed by atoms with van der Waals surface area (Å²) in [5, 5.41) is 10.5. The van der Waals surface area contributed by atoms with Crippen LogP contribution in [-0.4, -0.2) is 34.6 Å². The van der Waals surface area contributed by atoms with Gasteiger partial charge < -0.3 is 10.0 Å². The number of benzene rings is 1. The predicted molar refractivity (Wildman–Crippen MR) is 72.0 cm³/mol. The fraction of sp³-hybridized carbons (Fsp3) is 0.500. The molecular formula is C14H18ClNO2. The van der Waals surface area contributed by atoms with E-state index in [0.717, 1.165) is 5.56 Å². The van der Waals surface area contributed by atoms with Gasteiger partial charge in [0.25, 0.3) is 5.91 Å². The lowest BCUT2D eigenvalue weighted by molar-refractivity contribution is -0.00202. The van der Waals surface area contributed by atoms with Crippen LogP contribution in [0.3, 0.4) is 0 Å². The molecule has 0 aliphatic carbocycles. The van der Waals surface area contributed by atoms with Crippen molar-refractivity contribution in [2.75, 3.05) is 13.1 Å². The van der Waals surface area contributed by atoms with E-state index in [-0.39, 0.29) is 5.91 Å². The fourth-order valence-electron chi connectivity index (χ4n) is 2.23. The Bertz CT molecular complexity index is 441. The molecule has 1 aliphatic rings. The molecule has 1 aromatic rings. The minimum atomic E-state index is -0.638. The minimum absolute atomic E-state index is 0.00361. The maximum atomic E-state index is 12.3. The topological polar surface area (TPSA) is 40.5 Å². The first-order chi connectivity index (χ1) is 8.37. The monoisotopic (exact) mass is 267 g/mol. The molecule has 0 saturated carbocycles. The Balaban J connectivity index is 2.12. The van der Waals surface area contributed by atoms with Gasteiger partial charge in [0.2, 0.25) is 0 Å². The molecule has 1 fully saturated rings. The Kier molecular flexibility index (Phi) is 3.64. The molecule has 0 unspecified atom stereocenters. The van der Waals surface area contributed by atoms with Gasteiger partial charge in [-0.25, -0.2) is 0 Å². The van der Waals surface area contributed by atoms with Gasteiger partial charge in [0.05, 0.1) is 5.60 Å². The zero-order valence-electron chi connectivity index (χ0n) is 10.7. The van der Waals surface area contributed by atoms with Crippen LogP contribution in [0.1, 0.15) is 35.7 Å². The third-order valence-corrected chi connectivity index (χ3v) is 3.64. The third kappa shape index (κ3) is 3.03. The van der Waals surface area contributed by atoms with Crippen LogP contribution in [-0.2, 0) is 0 Å². The van der Waals surface area contributed by atoms with Gasteiger partial charge >= 0.3 is 0 Å². The summed E-state index contributed by atoms with van der Waals surface area (Å²) >= 11 is 5.97. The van der Waals surface area contributed by atoms with Gasteiger partial charge in [-0.2, -0.15) is 0 Å². The Hall–Kier alpha value is -1.06. The number of hydrogen-bond donors (Lipinski definition) is 1. The lowest BCUT2D eigenvalue weighted by Gasteiger charge is -2.35. The second kappa shape index (κ2) is 4.90. The lowest BCUT2D eigenvalue weighted by Crippen LogP contribution is -2.45. The van der Waals surface area contributed by atoms with Gasteiger partial charge in [0, 0.05) is 23.7 Å². The molecule has 0 radical (unpaired) electrons. The summed E-state index contributed by atoms with van der Waals surface area (Å²) in [6, 6.07) is 5.38. The van der Waals surface area contributed by atoms with Crippen LogP contribution in [0.2, 0.25) is 5.02 Å². The summed E-state index contributed by atoms with van der Waals surface area (Å²) in [6.07, 6.45) is 1.25. The predicted octanol–water partition coefficient (Wildman–Crippen LogP) is 2.64. The molecular weight excluding hydrogens is 250 g/mol. The summed E-state index contributed by atoms with van der Waals surface area (Å²) in [5.41, 5.74) is 0.970. The molecule has 0 spiro atoms. The largest absolute Gasteiger partial charge is 0.390 e. The first-order valence-corrected chi connectivity index (χ1v) is 6.54. The van der Waals surface area contributed by atoms with Gasteiger partial charge in [-0.15, -0.1) is 0 Å². The van der Waals surface area contributed by atoms with E-state index in [1.807, 2.05) is 26.0 Å². The normalized spacial score (nSPS) is 18.8. The van der Waals surface area contributed by atoms with E-state index in [1.165, 1.54) is 0 Å². The van der Waals surface area contributed by atoms with Crippen LogP contribution in [0.4, 0.5) is 0 Å². The van der Waals surface area contributed by atoms with Crippen molar-refractivity contribution in [2.45, 2.75) is 32.3 Å². The number of nitrogens with zero attached hydrogens (tertiary/aromatic N) is 1. The molecule has 1 aromatic carbocycles. The molecule has 1 aliphatic heterocycles. The highest BCUT2D eigenvalue weighted by Crippen LogP contribution is 2.23. The second-order valence-electron chi connectivity index (χ2n) is 5.31. The highest BCUT2D eigenvalue weighted by atomic mass is 35.5. The zero-order valence-corrected chi connectivity index (χ0v) is 11.5. The van der Waals surface area contributed by atoms with Crippen LogP contribution in [0.15, 0.2) is 18.2 Å². The van der Waals surface area contributed by atoms with E-state index in [1.54, 1.807) is 11.0 Å². The van der Waals surface area contributed by atoms with Crippen molar-refractivity contribution < 1.29 is 9.90 Å². The molecule has 1 saturated heterocycles. The summed E-state index contributed by atoms with van der Waals surface area (Å²) in [7, 11) is 0. The Morgan fingerprint density at radius 3 is 2.50 bits per heavy atom. The maximum Gasteiger partial charge on any atom is 0.253 e. The van der Waals surface area contributed by atoms with Crippen LogP contribution >= 0.6 is 11.6 Å². The zero-order chi connectivity index (χ0) is 13.3. The first kappa shape index (κ1) is 13.4. The standard InChI is InChI=1S/C14H18ClNO2/c1-10-7-11(9-12(15)8-10)13(17)16-5-3-14(2,18)4-6-16/h7-9,18H,3-6H2,1-2H3. The summed E-state index contributed by atoms with van der Waals surface area (Å²) < 4.78 is 0. The molecule has 3 nitrogen and oxygen atoms in total. The van der Waals surface area contributed by atoms with E-state index in [4.69, 9.17) is 11.6 Å². The van der Waals surface area contributed by atoms with Crippen LogP contribution in [0.25, 0.3) is 0 Å². The van der Waals surface area contributed by atoms with Crippen molar-refractivity contribution >= 4 is 17.5 Å². The van der Waals surface area contributed by atoms with Gasteiger partial charge in [0.15, 0.2) is 0 Å². The summed E-state index contributed by atoms with van der Waals surface area (Å²) in [6.45, 7) is 4.93. The number of piperidine rings is 1. The minimum Gasteiger partial charge on any atom is -0.390 e. The molecule has 98 valence electrons. The Labute approximate surface area is 112 Å². The maximum absolute atomic E-state index is 12.3. The van der Waals surface area contributed by atoms with Gasteiger partial charge in [-0.3, -0.25) is 4.79 Å². The Morgan fingerprint density at radius 1 is 1.33 bits per heavy atom. The number of halogens is 1. The Morgan fingerprint density at radius 2 is 1.94 bits per heavy atom. The lowest BCUT2D eigenvalue weighted by atomic mass is 9.93. The number of aryl methyl sites for hydroxylation is 1. The number of carbonyl (C=O) groups is 1. The van der Waals surface area contributed by atoms with Crippen molar-refractivity contribution in [1.29, 1.82) is 0 Å². The van der Waals surface area contributed by atoms with Crippen molar-refractivity contribution in [1.82, 2.24) is 4.90 Å². The second-order valence-corrected chi connectivity index (χ2v) is 5.74. The average Bonchev–Trinajstić information content (AvgIpc) is 2.27. The van der Waals surface area contributed by atoms with Crippen molar-refractivity contribution in [3.63, 3.8) is 0 Å². The number of aliphatic hydroxyl groups is 1. The van der Waals surface area contributed by atoms with Crippen LogP contribution < -0.4 is 0 Å². The summed E-state index contributed by atoms with van der Waals surface area (Å²) in [4.78, 5) is 14.1. The van der Waals surface area contributed by atoms with Crippen LogP contribution in [0.5, 0.6) is 0 Å². The highest BCUT2D eigenvalue weighted by molar-refractivity contribution is 6.31. The number of rotatable bonds is 1. The molecule has 0 atom stereocenters. The van der Waals surface area contributed by atoms with Crippen molar-refractivity contribution in [3.05, 3.63) is 34.3 Å². The van der Waals surface area contributed by atoms with E-state index in [2.05, 4.69) is 0 Å². The van der Waals surface area contributed by atoms with Gasteiger partial charge in [-0.1, -0.05) is 11.6 Å². The van der Waals surface area contributed by atoms with Crippen LogP contribution in [0, 0.1) is 6.92 Å². The number of carbonyl (C=O) groups excluding carboxylic acids is 1. The SMILES string of the molecule is Cc1cc(Cl)cc(C(=O)N2CCC(C)(O)CC2)c1. The van der Waals surface area contributed by atoms with E-state index < -0.39 is 5.60 Å². The van der Waals surface area contributed by atoms with Crippen molar-refractivity contribution in [3.8, 4) is 0 Å². The quantitative estimate of drug-likeness (QED) is 0.850. The number of amides is 1. The molecule has 0 aromatic heterocycles. The molecule has 2 rings (SSSR count). The molecule has 1 N–H and O–H groups in total. The summed E-state index contributed by atoms with van der Waals surface area (Å²) in [5.74, 6) is -0.00361. The molecule has 1 heterocycles. The highest BCUT2D eigenvalue weighted by Gasteiger charge is 2.30. The number of likely N-dealkylation sites (tertiary alicyclic amines) is 1. The van der Waals surface area contributed by atoms with E-state index >= 15 is 0 Å². The van der Waals surface area contributed by atoms with Gasteiger partial charge in [0.1, 0.15) is 0 Å². The third-order valence-electron chi connectivity index (χ3n) is 3.42. The molecule has 0 bridgehead atoms. The number of hydrogen-bond acceptors (Lipinski definition) is 2. The average molecular weight is 268 g/mol. The fourth-order valence-corrected chi connectivity index (χ4v) is 2.52. The molecule has 18 heavy (non-hydrogen) atoms. The van der Waals surface area contributed by atoms with E-state index in [9.17, 15) is 9.90 Å². The first-order valence-electron chi connectivity index (χ1n) is 6.16. The van der Waals surface area contributed by atoms with Crippen molar-refractivity contribution in [2.24, 2.45) is 0 Å². The molecule has 1 amide bonds. The molecule has 4 heteroatoms. The van der Waals surface area contributed by atoms with Gasteiger partial charge in [-0.05, 0) is 50.5 Å².